The third-order valence-electron chi connectivity index (χ3n) is 2.72. The van der Waals surface area contributed by atoms with Gasteiger partial charge in [0, 0.05) is 0 Å². The molecule has 0 unspecified atom stereocenters. The molecule has 6 nitrogen and oxygen atoms in total. The molecule has 0 atom stereocenters. The summed E-state index contributed by atoms with van der Waals surface area (Å²) in [5.74, 6) is -3.26. The van der Waals surface area contributed by atoms with Crippen LogP contribution >= 0.6 is 0 Å². The van der Waals surface area contributed by atoms with E-state index in [0.29, 0.717) is 12.0 Å². The molecule has 0 amide bonds. The average molecular weight is 312 g/mol. The van der Waals surface area contributed by atoms with Gasteiger partial charge in [0.25, 0.3) is 0 Å². The number of nitrogens with two attached hydrogens (primary N) is 1. The Kier molecular flexibility index (Phi) is 9.40. The summed E-state index contributed by atoms with van der Waals surface area (Å²) in [7, 11) is 0. The first-order valence-electron chi connectivity index (χ1n) is 6.51. The molecule has 1 aromatic carbocycles. The third kappa shape index (κ3) is 5.63. The topological polar surface area (TPSA) is 116 Å². The van der Waals surface area contributed by atoms with Crippen molar-refractivity contribution in [1.82, 2.24) is 0 Å². The zero-order valence-electron chi connectivity index (χ0n) is 12.7. The van der Waals surface area contributed by atoms with Crippen LogP contribution in [0.2, 0.25) is 0 Å². The number of carbonyl (C=O) groups is 2. The summed E-state index contributed by atoms with van der Waals surface area (Å²) in [6, 6.07) is 8.09. The molecule has 0 saturated heterocycles. The second-order valence-electron chi connectivity index (χ2n) is 4.31. The predicted molar refractivity (Wildman–Crippen MR) is 76.2 cm³/mol. The maximum Gasteiger partial charge on any atom is 1.00 e. The number of carbonyl (C=O) groups excluding carboxylic acids is 2. The molecule has 0 fully saturated rings. The standard InChI is InChI=1S/C15H18N2O4.Na/c1-2-3-9-21-15(20)11(10-7-5-4-6-8-10)12(13(16)17)14(18)19;/h4-8H,2-3,9H2,1H3,(H3,16,17)(H,18,19);/q;+1/p-1. The molecule has 3 N–H and O–H groups in total. The zero-order valence-corrected chi connectivity index (χ0v) is 14.7. The summed E-state index contributed by atoms with van der Waals surface area (Å²) in [4.78, 5) is 23.3. The number of aliphatic carboxylic acids is 1. The van der Waals surface area contributed by atoms with E-state index in [-0.39, 0.29) is 41.7 Å². The monoisotopic (exact) mass is 312 g/mol. The number of carboxylic acid groups (broad SMARTS) is 1. The van der Waals surface area contributed by atoms with Gasteiger partial charge in [-0.1, -0.05) is 43.7 Å². The van der Waals surface area contributed by atoms with Crippen molar-refractivity contribution in [3.63, 3.8) is 0 Å². The van der Waals surface area contributed by atoms with Gasteiger partial charge in [-0.3, -0.25) is 5.41 Å². The van der Waals surface area contributed by atoms with E-state index in [1.54, 1.807) is 30.3 Å². The van der Waals surface area contributed by atoms with Gasteiger partial charge in [-0.15, -0.1) is 0 Å². The SMILES string of the molecule is CCCCOC(=O)C(=C(C(=N)N)C(=O)[O-])c1ccccc1.[Na+]. The largest absolute Gasteiger partial charge is 1.00 e. The molecule has 22 heavy (non-hydrogen) atoms. The Labute approximate surface area is 151 Å². The molecule has 0 radical (unpaired) electrons. The van der Waals surface area contributed by atoms with Crippen LogP contribution in [0.4, 0.5) is 0 Å². The Morgan fingerprint density at radius 3 is 2.32 bits per heavy atom. The molecule has 1 aromatic rings. The summed E-state index contributed by atoms with van der Waals surface area (Å²) >= 11 is 0. The number of hydrogen-bond acceptors (Lipinski definition) is 5. The second-order valence-corrected chi connectivity index (χ2v) is 4.31. The van der Waals surface area contributed by atoms with E-state index in [4.69, 9.17) is 15.9 Å². The Bertz CT molecular complexity index is 554. The van der Waals surface area contributed by atoms with Gasteiger partial charge >= 0.3 is 35.5 Å². The molecule has 7 heteroatoms. The van der Waals surface area contributed by atoms with Gasteiger partial charge < -0.3 is 20.4 Å². The van der Waals surface area contributed by atoms with Crippen LogP contribution in [0, 0.1) is 5.41 Å². The van der Waals surface area contributed by atoms with Crippen LogP contribution in [0.3, 0.4) is 0 Å². The van der Waals surface area contributed by atoms with Crippen molar-refractivity contribution in [2.45, 2.75) is 19.8 Å². The average Bonchev–Trinajstić information content (AvgIpc) is 2.44. The van der Waals surface area contributed by atoms with E-state index in [0.717, 1.165) is 6.42 Å². The summed E-state index contributed by atoms with van der Waals surface area (Å²) in [6.07, 6.45) is 1.49. The minimum Gasteiger partial charge on any atom is -0.545 e. The van der Waals surface area contributed by atoms with E-state index in [1.165, 1.54) is 0 Å². The smallest absolute Gasteiger partial charge is 0.545 e. The fourth-order valence-electron chi connectivity index (χ4n) is 1.70. The van der Waals surface area contributed by atoms with Crippen LogP contribution in [-0.2, 0) is 14.3 Å². The molecule has 0 aliphatic heterocycles. The number of unbranched alkanes of at least 4 members (excludes halogenated alkanes) is 1. The van der Waals surface area contributed by atoms with Crippen molar-refractivity contribution in [2.24, 2.45) is 5.73 Å². The summed E-state index contributed by atoms with van der Waals surface area (Å²) in [5.41, 5.74) is 4.65. The number of amidine groups is 1. The number of rotatable bonds is 7. The van der Waals surface area contributed by atoms with Crippen molar-refractivity contribution in [3.8, 4) is 0 Å². The van der Waals surface area contributed by atoms with Crippen LogP contribution in [0.1, 0.15) is 25.3 Å². The number of nitrogens with one attached hydrogen (secondary N) is 1. The molecular formula is C15H17N2NaO4. The predicted octanol–water partition coefficient (Wildman–Crippen LogP) is -2.53. The van der Waals surface area contributed by atoms with Gasteiger partial charge in [0.2, 0.25) is 0 Å². The van der Waals surface area contributed by atoms with Crippen LogP contribution in [0.25, 0.3) is 5.57 Å². The fraction of sp³-hybridized carbons (Fsp3) is 0.267. The van der Waals surface area contributed by atoms with E-state index in [1.807, 2.05) is 6.92 Å². The molecule has 0 aliphatic rings. The molecule has 0 aliphatic carbocycles. The van der Waals surface area contributed by atoms with E-state index >= 15 is 0 Å². The van der Waals surface area contributed by atoms with Gasteiger partial charge in [0.15, 0.2) is 0 Å². The van der Waals surface area contributed by atoms with Crippen LogP contribution in [0.15, 0.2) is 35.9 Å². The Hall–Kier alpha value is -1.63. The molecule has 1 rings (SSSR count). The Morgan fingerprint density at radius 2 is 1.86 bits per heavy atom. The van der Waals surface area contributed by atoms with Gasteiger partial charge in [0.1, 0.15) is 5.84 Å². The fourth-order valence-corrected chi connectivity index (χ4v) is 1.70. The molecule has 0 saturated carbocycles. The van der Waals surface area contributed by atoms with Crippen LogP contribution in [0.5, 0.6) is 0 Å². The van der Waals surface area contributed by atoms with Gasteiger partial charge in [0.05, 0.1) is 23.7 Å². The van der Waals surface area contributed by atoms with Gasteiger partial charge in [-0.05, 0) is 12.0 Å². The maximum atomic E-state index is 12.1. The quantitative estimate of drug-likeness (QED) is 0.144. The first-order valence-corrected chi connectivity index (χ1v) is 6.51. The molecule has 0 bridgehead atoms. The van der Waals surface area contributed by atoms with E-state index < -0.39 is 23.3 Å². The van der Waals surface area contributed by atoms with Gasteiger partial charge in [-0.25, -0.2) is 4.79 Å². The Morgan fingerprint density at radius 1 is 1.27 bits per heavy atom. The molecular weight excluding hydrogens is 295 g/mol. The number of esters is 1. The first-order chi connectivity index (χ1) is 9.99. The van der Waals surface area contributed by atoms with Crippen molar-refractivity contribution in [1.29, 1.82) is 5.41 Å². The normalized spacial score (nSPS) is 11.0. The third-order valence-corrected chi connectivity index (χ3v) is 2.72. The molecule has 0 aromatic heterocycles. The molecule has 112 valence electrons. The van der Waals surface area contributed by atoms with Crippen molar-refractivity contribution < 1.29 is 49.0 Å². The number of carboxylic acids is 1. The summed E-state index contributed by atoms with van der Waals surface area (Å²) in [6.45, 7) is 2.11. The maximum absolute atomic E-state index is 12.1. The summed E-state index contributed by atoms with van der Waals surface area (Å²) < 4.78 is 5.04. The van der Waals surface area contributed by atoms with Crippen LogP contribution < -0.4 is 40.4 Å². The van der Waals surface area contributed by atoms with Crippen LogP contribution in [-0.4, -0.2) is 24.4 Å². The van der Waals surface area contributed by atoms with E-state index in [2.05, 4.69) is 0 Å². The second kappa shape index (κ2) is 10.2. The minimum absolute atomic E-state index is 0. The van der Waals surface area contributed by atoms with E-state index in [9.17, 15) is 14.7 Å². The number of ether oxygens (including phenoxy) is 1. The van der Waals surface area contributed by atoms with Crippen molar-refractivity contribution in [3.05, 3.63) is 41.5 Å². The molecule has 0 spiro atoms. The van der Waals surface area contributed by atoms with Gasteiger partial charge in [-0.2, -0.15) is 0 Å². The molecule has 0 heterocycles. The minimum atomic E-state index is -1.69. The number of hydrogen-bond donors (Lipinski definition) is 2. The summed E-state index contributed by atoms with van der Waals surface area (Å²) in [5, 5.41) is 18.6. The van der Waals surface area contributed by atoms with Crippen molar-refractivity contribution in [2.75, 3.05) is 6.61 Å². The zero-order chi connectivity index (χ0) is 15.8. The first kappa shape index (κ1) is 20.4. The van der Waals surface area contributed by atoms with Crippen molar-refractivity contribution >= 4 is 23.3 Å². The Balaban J connectivity index is 0.00000441. The number of benzene rings is 1.